The Labute approximate surface area is 138 Å². The zero-order valence-corrected chi connectivity index (χ0v) is 12.9. The predicted molar refractivity (Wildman–Crippen MR) is 82.9 cm³/mol. The van der Waals surface area contributed by atoms with Gasteiger partial charge in [0, 0.05) is 0 Å². The number of nitrogens with zero attached hydrogens (tertiary/aromatic N) is 1. The lowest BCUT2D eigenvalue weighted by Crippen LogP contribution is -2.54. The van der Waals surface area contributed by atoms with Gasteiger partial charge in [-0.3, -0.25) is 4.84 Å². The molecule has 3 rings (SSSR count). The molecule has 0 saturated carbocycles. The van der Waals surface area contributed by atoms with E-state index in [0.717, 1.165) is 16.2 Å². The van der Waals surface area contributed by atoms with Crippen molar-refractivity contribution in [3.8, 4) is 0 Å². The minimum Gasteiger partial charge on any atom is -0.377 e. The van der Waals surface area contributed by atoms with Gasteiger partial charge in [0.15, 0.2) is 6.04 Å². The Hall–Kier alpha value is -1.89. The monoisotopic (exact) mass is 337 g/mol. The number of rotatable bonds is 4. The molecular weight excluding hydrogens is 319 g/mol. The van der Waals surface area contributed by atoms with E-state index in [2.05, 4.69) is 0 Å². The first-order valence-corrected chi connectivity index (χ1v) is 7.70. The highest BCUT2D eigenvalue weighted by Gasteiger charge is 2.49. The largest absolute Gasteiger partial charge is 0.408 e. The van der Waals surface area contributed by atoms with E-state index >= 15 is 0 Å². The first-order valence-electron chi connectivity index (χ1n) is 7.70. The van der Waals surface area contributed by atoms with E-state index in [0.29, 0.717) is 0 Å². The van der Waals surface area contributed by atoms with Crippen LogP contribution in [0.1, 0.15) is 17.2 Å². The molecule has 2 unspecified atom stereocenters. The van der Waals surface area contributed by atoms with Crippen LogP contribution >= 0.6 is 0 Å². The first kappa shape index (κ1) is 17.0. The van der Waals surface area contributed by atoms with Crippen LogP contribution in [0, 0.1) is 0 Å². The summed E-state index contributed by atoms with van der Waals surface area (Å²) in [7, 11) is 0. The van der Waals surface area contributed by atoms with Crippen molar-refractivity contribution < 1.29 is 22.7 Å². The van der Waals surface area contributed by atoms with Crippen molar-refractivity contribution in [1.29, 1.82) is 0 Å². The van der Waals surface area contributed by atoms with E-state index < -0.39 is 24.9 Å². The average molecular weight is 337 g/mol. The normalized spacial score (nSPS) is 22.5. The maximum Gasteiger partial charge on any atom is 0.408 e. The van der Waals surface area contributed by atoms with Gasteiger partial charge in [-0.1, -0.05) is 60.7 Å². The summed E-state index contributed by atoms with van der Waals surface area (Å²) in [6.45, 7) is -0.191. The molecule has 0 radical (unpaired) electrons. The minimum absolute atomic E-state index is 0.0801. The lowest BCUT2D eigenvalue weighted by Gasteiger charge is -2.41. The predicted octanol–water partition coefficient (Wildman–Crippen LogP) is 4.12. The molecule has 2 aromatic carbocycles. The summed E-state index contributed by atoms with van der Waals surface area (Å²) >= 11 is 0. The quantitative estimate of drug-likeness (QED) is 0.838. The molecule has 0 spiro atoms. The van der Waals surface area contributed by atoms with Crippen molar-refractivity contribution in [2.75, 3.05) is 13.2 Å². The van der Waals surface area contributed by atoms with Crippen LogP contribution in [0.5, 0.6) is 0 Å². The summed E-state index contributed by atoms with van der Waals surface area (Å²) in [5, 5.41) is 1.05. The number of hydrogen-bond acceptors (Lipinski definition) is 3. The van der Waals surface area contributed by atoms with E-state index in [1.165, 1.54) is 0 Å². The highest BCUT2D eigenvalue weighted by molar-refractivity contribution is 5.20. The second-order valence-electron chi connectivity index (χ2n) is 5.64. The molecule has 24 heavy (non-hydrogen) atoms. The van der Waals surface area contributed by atoms with Crippen molar-refractivity contribution in [1.82, 2.24) is 5.06 Å². The van der Waals surface area contributed by atoms with Crippen molar-refractivity contribution in [3.63, 3.8) is 0 Å². The summed E-state index contributed by atoms with van der Waals surface area (Å²) in [5.41, 5.74) is 1.55. The molecule has 0 N–H and O–H groups in total. The molecule has 1 aliphatic rings. The lowest BCUT2D eigenvalue weighted by atomic mass is 10.0. The molecule has 128 valence electrons. The molecule has 2 atom stereocenters. The first-order chi connectivity index (χ1) is 11.6. The Morgan fingerprint density at radius 2 is 1.58 bits per heavy atom. The highest BCUT2D eigenvalue weighted by Crippen LogP contribution is 2.35. The van der Waals surface area contributed by atoms with Gasteiger partial charge >= 0.3 is 6.18 Å². The number of ether oxygens (including phenoxy) is 1. The van der Waals surface area contributed by atoms with E-state index in [-0.39, 0.29) is 13.2 Å². The molecule has 1 saturated heterocycles. The van der Waals surface area contributed by atoms with Crippen LogP contribution in [-0.4, -0.2) is 30.5 Å². The Morgan fingerprint density at radius 3 is 2.21 bits per heavy atom. The second kappa shape index (κ2) is 7.34. The Morgan fingerprint density at radius 1 is 0.958 bits per heavy atom. The molecule has 2 aromatic rings. The molecule has 1 heterocycles. The van der Waals surface area contributed by atoms with Gasteiger partial charge in [-0.05, 0) is 11.1 Å². The third kappa shape index (κ3) is 3.95. The zero-order chi connectivity index (χ0) is 17.0. The van der Waals surface area contributed by atoms with E-state index in [1.807, 2.05) is 36.4 Å². The summed E-state index contributed by atoms with van der Waals surface area (Å²) in [5.74, 6) is 0. The molecule has 1 fully saturated rings. The number of benzene rings is 2. The van der Waals surface area contributed by atoms with Gasteiger partial charge in [0.1, 0.15) is 0 Å². The zero-order valence-electron chi connectivity index (χ0n) is 12.9. The van der Waals surface area contributed by atoms with Crippen LogP contribution in [0.4, 0.5) is 13.2 Å². The van der Waals surface area contributed by atoms with E-state index in [9.17, 15) is 13.2 Å². The van der Waals surface area contributed by atoms with Gasteiger partial charge in [-0.2, -0.15) is 18.2 Å². The number of hydrogen-bond donors (Lipinski definition) is 0. The van der Waals surface area contributed by atoms with Crippen molar-refractivity contribution in [2.45, 2.75) is 24.9 Å². The van der Waals surface area contributed by atoms with Crippen LogP contribution in [0.15, 0.2) is 60.7 Å². The molecule has 0 bridgehead atoms. The lowest BCUT2D eigenvalue weighted by molar-refractivity contribution is -0.328. The van der Waals surface area contributed by atoms with Crippen molar-refractivity contribution in [3.05, 3.63) is 71.8 Å². The van der Waals surface area contributed by atoms with Crippen LogP contribution in [-0.2, 0) is 16.2 Å². The second-order valence-corrected chi connectivity index (χ2v) is 5.64. The fraction of sp³-hybridized carbons (Fsp3) is 0.333. The third-order valence-electron chi connectivity index (χ3n) is 3.95. The minimum atomic E-state index is -4.43. The summed E-state index contributed by atoms with van der Waals surface area (Å²) in [6, 6.07) is 15.7. The number of morpholine rings is 1. The highest BCUT2D eigenvalue weighted by atomic mass is 19.4. The number of alkyl halides is 3. The third-order valence-corrected chi connectivity index (χ3v) is 3.95. The van der Waals surface area contributed by atoms with Gasteiger partial charge in [0.2, 0.25) is 0 Å². The van der Waals surface area contributed by atoms with Crippen LogP contribution in [0.2, 0.25) is 0 Å². The molecule has 0 amide bonds. The van der Waals surface area contributed by atoms with Crippen molar-refractivity contribution >= 4 is 0 Å². The molecule has 3 nitrogen and oxygen atoms in total. The molecule has 0 aliphatic carbocycles. The van der Waals surface area contributed by atoms with Gasteiger partial charge < -0.3 is 4.74 Å². The van der Waals surface area contributed by atoms with Gasteiger partial charge in [0.05, 0.1) is 25.9 Å². The Balaban J connectivity index is 1.83. The smallest absolute Gasteiger partial charge is 0.377 e. The molecule has 0 aromatic heterocycles. The maximum atomic E-state index is 13.4. The summed E-state index contributed by atoms with van der Waals surface area (Å²) in [4.78, 5) is 5.61. The van der Waals surface area contributed by atoms with Crippen LogP contribution in [0.25, 0.3) is 0 Å². The van der Waals surface area contributed by atoms with Crippen LogP contribution < -0.4 is 0 Å². The molecule has 6 heteroatoms. The average Bonchev–Trinajstić information content (AvgIpc) is 2.60. The molecular formula is C18H18F3NO2. The summed E-state index contributed by atoms with van der Waals surface area (Å²) in [6.07, 6.45) is -4.43. The van der Waals surface area contributed by atoms with Gasteiger partial charge in [-0.25, -0.2) is 0 Å². The number of hydroxylamine groups is 2. The Bertz CT molecular complexity index is 634. The fourth-order valence-electron chi connectivity index (χ4n) is 2.72. The van der Waals surface area contributed by atoms with Crippen LogP contribution in [0.3, 0.4) is 0 Å². The van der Waals surface area contributed by atoms with Gasteiger partial charge in [-0.15, -0.1) is 0 Å². The van der Waals surface area contributed by atoms with E-state index in [1.54, 1.807) is 24.3 Å². The molecule has 1 aliphatic heterocycles. The van der Waals surface area contributed by atoms with Crippen molar-refractivity contribution in [2.24, 2.45) is 0 Å². The summed E-state index contributed by atoms with van der Waals surface area (Å²) < 4.78 is 45.4. The SMILES string of the molecule is FC(F)(F)C1COCC(c2ccccc2)N1OCc1ccccc1. The standard InChI is InChI=1S/C18H18F3NO2/c19-18(20,21)17-13-23-12-16(15-9-5-2-6-10-15)22(17)24-11-14-7-3-1-4-8-14/h1-10,16-17H,11-13H2. The Kier molecular flexibility index (Phi) is 5.18. The van der Waals surface area contributed by atoms with E-state index in [4.69, 9.17) is 9.57 Å². The fourth-order valence-corrected chi connectivity index (χ4v) is 2.72. The topological polar surface area (TPSA) is 21.7 Å². The van der Waals surface area contributed by atoms with Gasteiger partial charge in [0.25, 0.3) is 0 Å². The number of halogens is 3. The maximum absolute atomic E-state index is 13.4.